The summed E-state index contributed by atoms with van der Waals surface area (Å²) in [6.45, 7) is 3.94. The highest BCUT2D eigenvalue weighted by Crippen LogP contribution is 2.45. The van der Waals surface area contributed by atoms with Crippen molar-refractivity contribution in [1.82, 2.24) is 5.32 Å². The van der Waals surface area contributed by atoms with Gasteiger partial charge >= 0.3 is 5.97 Å². The van der Waals surface area contributed by atoms with Gasteiger partial charge in [0.25, 0.3) is 0 Å². The summed E-state index contributed by atoms with van der Waals surface area (Å²) in [6.07, 6.45) is 1.15. The molecule has 0 spiro atoms. The van der Waals surface area contributed by atoms with Crippen LogP contribution in [0.4, 0.5) is 0 Å². The molecule has 2 aliphatic rings. The maximum absolute atomic E-state index is 13.5. The highest BCUT2D eigenvalue weighted by atomic mass is 16.5. The fraction of sp³-hybridized carbons (Fsp3) is 0.308. The molecule has 1 N–H and O–H groups in total. The molecule has 5 heteroatoms. The Bertz CT molecular complexity index is 1050. The lowest BCUT2D eigenvalue weighted by Crippen LogP contribution is -2.36. The summed E-state index contributed by atoms with van der Waals surface area (Å²) in [4.78, 5) is 26.4. The van der Waals surface area contributed by atoms with E-state index in [-0.39, 0.29) is 18.3 Å². The van der Waals surface area contributed by atoms with Crippen molar-refractivity contribution in [2.75, 3.05) is 13.7 Å². The van der Waals surface area contributed by atoms with Crippen LogP contribution in [-0.4, -0.2) is 25.5 Å². The highest BCUT2D eigenvalue weighted by Gasteiger charge is 2.41. The average Bonchev–Trinajstić information content (AvgIpc) is 2.78. The second-order valence-electron chi connectivity index (χ2n) is 7.92. The Balaban J connectivity index is 1.79. The van der Waals surface area contributed by atoms with Crippen molar-refractivity contribution in [3.05, 3.63) is 88.3 Å². The molecule has 0 unspecified atom stereocenters. The number of allylic oxidation sites excluding steroid dienone is 3. The van der Waals surface area contributed by atoms with Gasteiger partial charge < -0.3 is 14.8 Å². The molecule has 0 saturated carbocycles. The lowest BCUT2D eigenvalue weighted by molar-refractivity contribution is -0.138. The van der Waals surface area contributed by atoms with Gasteiger partial charge in [-0.2, -0.15) is 0 Å². The molecular formula is C26H27NO4. The van der Waals surface area contributed by atoms with Crippen molar-refractivity contribution in [2.45, 2.75) is 38.5 Å². The third kappa shape index (κ3) is 4.00. The number of nitrogens with one attached hydrogen (secondary N) is 1. The number of ketones is 1. The van der Waals surface area contributed by atoms with Gasteiger partial charge in [-0.15, -0.1) is 0 Å². The largest absolute Gasteiger partial charge is 0.497 e. The van der Waals surface area contributed by atoms with Crippen molar-refractivity contribution >= 4 is 11.8 Å². The van der Waals surface area contributed by atoms with Gasteiger partial charge in [0, 0.05) is 29.3 Å². The van der Waals surface area contributed by atoms with Gasteiger partial charge in [-0.1, -0.05) is 42.5 Å². The summed E-state index contributed by atoms with van der Waals surface area (Å²) >= 11 is 0. The van der Waals surface area contributed by atoms with Crippen LogP contribution in [0.25, 0.3) is 0 Å². The third-order valence-corrected chi connectivity index (χ3v) is 6.04. The number of hydrogen-bond acceptors (Lipinski definition) is 5. The van der Waals surface area contributed by atoms with Gasteiger partial charge in [0.15, 0.2) is 5.78 Å². The minimum Gasteiger partial charge on any atom is -0.497 e. The summed E-state index contributed by atoms with van der Waals surface area (Å²) in [5.74, 6) is 0.0683. The topological polar surface area (TPSA) is 64.6 Å². The van der Waals surface area contributed by atoms with E-state index in [1.54, 1.807) is 14.0 Å². The summed E-state index contributed by atoms with van der Waals surface area (Å²) < 4.78 is 10.6. The van der Waals surface area contributed by atoms with Crippen molar-refractivity contribution in [1.29, 1.82) is 0 Å². The van der Waals surface area contributed by atoms with Gasteiger partial charge in [-0.3, -0.25) is 4.79 Å². The maximum Gasteiger partial charge on any atom is 0.336 e. The normalized spacial score (nSPS) is 20.8. The van der Waals surface area contributed by atoms with Crippen LogP contribution < -0.4 is 10.1 Å². The van der Waals surface area contributed by atoms with Crippen LogP contribution in [0.2, 0.25) is 0 Å². The molecule has 0 amide bonds. The monoisotopic (exact) mass is 417 g/mol. The molecule has 2 aromatic carbocycles. The number of Topliss-reactive ketones (excluding diaryl/α,β-unsaturated/α-hetero) is 1. The molecule has 0 fully saturated rings. The van der Waals surface area contributed by atoms with Crippen molar-refractivity contribution < 1.29 is 19.1 Å². The smallest absolute Gasteiger partial charge is 0.336 e. The zero-order valence-electron chi connectivity index (χ0n) is 18.1. The van der Waals surface area contributed by atoms with E-state index >= 15 is 0 Å². The molecule has 0 bridgehead atoms. The molecule has 4 rings (SSSR count). The predicted octanol–water partition coefficient (Wildman–Crippen LogP) is 4.62. The van der Waals surface area contributed by atoms with Gasteiger partial charge in [-0.25, -0.2) is 4.79 Å². The molecule has 0 aromatic heterocycles. The lowest BCUT2D eigenvalue weighted by atomic mass is 9.72. The van der Waals surface area contributed by atoms with Crippen LogP contribution >= 0.6 is 0 Å². The molecule has 0 saturated heterocycles. The zero-order chi connectivity index (χ0) is 22.0. The fourth-order valence-electron chi connectivity index (χ4n) is 4.61. The van der Waals surface area contributed by atoms with E-state index in [2.05, 4.69) is 17.4 Å². The van der Waals surface area contributed by atoms with Crippen LogP contribution in [-0.2, 0) is 14.3 Å². The first-order valence-electron chi connectivity index (χ1n) is 10.6. The Morgan fingerprint density at radius 1 is 1.03 bits per heavy atom. The first kappa shape index (κ1) is 20.9. The first-order chi connectivity index (χ1) is 15.0. The van der Waals surface area contributed by atoms with E-state index < -0.39 is 11.9 Å². The molecule has 1 aliphatic heterocycles. The van der Waals surface area contributed by atoms with E-state index in [1.165, 1.54) is 0 Å². The number of dihydropyridines is 1. The average molecular weight is 418 g/mol. The number of benzene rings is 2. The maximum atomic E-state index is 13.5. The number of esters is 1. The van der Waals surface area contributed by atoms with E-state index in [9.17, 15) is 9.59 Å². The van der Waals surface area contributed by atoms with Gasteiger partial charge in [0.05, 0.1) is 19.3 Å². The minimum atomic E-state index is -0.453. The molecule has 160 valence electrons. The number of ether oxygens (including phenoxy) is 2. The summed E-state index contributed by atoms with van der Waals surface area (Å²) in [5, 5.41) is 3.37. The molecule has 0 radical (unpaired) electrons. The fourth-order valence-corrected chi connectivity index (χ4v) is 4.61. The predicted molar refractivity (Wildman–Crippen MR) is 119 cm³/mol. The van der Waals surface area contributed by atoms with Gasteiger partial charge in [-0.05, 0) is 49.4 Å². The summed E-state index contributed by atoms with van der Waals surface area (Å²) in [6, 6.07) is 17.7. The van der Waals surface area contributed by atoms with Crippen molar-refractivity contribution in [3.63, 3.8) is 0 Å². The van der Waals surface area contributed by atoms with E-state index in [1.807, 2.05) is 49.4 Å². The van der Waals surface area contributed by atoms with Crippen LogP contribution in [0.1, 0.15) is 49.7 Å². The molecule has 5 nitrogen and oxygen atoms in total. The zero-order valence-corrected chi connectivity index (χ0v) is 18.1. The molecule has 2 atom stereocenters. The second-order valence-corrected chi connectivity index (χ2v) is 7.92. The SMILES string of the molecule is CCOC(=O)C1=C(C)NC2=C(C(=O)C[C@H](c3ccccc3)C2)[C@H]1c1ccc(OC)cc1. The van der Waals surface area contributed by atoms with Crippen LogP contribution in [0.15, 0.2) is 77.1 Å². The second kappa shape index (κ2) is 8.80. The highest BCUT2D eigenvalue weighted by molar-refractivity contribution is 6.04. The van der Waals surface area contributed by atoms with Crippen molar-refractivity contribution in [2.24, 2.45) is 0 Å². The number of carbonyl (C=O) groups excluding carboxylic acids is 2. The minimum absolute atomic E-state index is 0.0673. The van der Waals surface area contributed by atoms with Crippen LogP contribution in [0.5, 0.6) is 5.75 Å². The molecule has 1 heterocycles. The number of carbonyl (C=O) groups is 2. The van der Waals surface area contributed by atoms with Crippen LogP contribution in [0, 0.1) is 0 Å². The summed E-state index contributed by atoms with van der Waals surface area (Å²) in [5.41, 5.74) is 4.84. The molecular weight excluding hydrogens is 390 g/mol. The Morgan fingerprint density at radius 3 is 2.39 bits per heavy atom. The van der Waals surface area contributed by atoms with Crippen LogP contribution in [0.3, 0.4) is 0 Å². The molecule has 31 heavy (non-hydrogen) atoms. The summed E-state index contributed by atoms with van der Waals surface area (Å²) in [7, 11) is 1.61. The van der Waals surface area contributed by atoms with E-state index in [4.69, 9.17) is 9.47 Å². The Morgan fingerprint density at radius 2 is 1.74 bits per heavy atom. The first-order valence-corrected chi connectivity index (χ1v) is 10.6. The Labute approximate surface area is 182 Å². The Kier molecular flexibility index (Phi) is 5.94. The molecule has 2 aromatic rings. The lowest BCUT2D eigenvalue weighted by Gasteiger charge is -2.36. The standard InChI is InChI=1S/C26H27NO4/c1-4-31-26(29)23-16(2)27-21-14-19(17-8-6-5-7-9-17)15-22(28)25(21)24(23)18-10-12-20(30-3)13-11-18/h5-13,19,24,27H,4,14-15H2,1-3H3/t19-,24+/m1/s1. The molecule has 1 aliphatic carbocycles. The quantitative estimate of drug-likeness (QED) is 0.719. The number of hydrogen-bond donors (Lipinski definition) is 1. The van der Waals surface area contributed by atoms with Gasteiger partial charge in [0.1, 0.15) is 5.75 Å². The van der Waals surface area contributed by atoms with E-state index in [0.29, 0.717) is 17.6 Å². The van der Waals surface area contributed by atoms with Gasteiger partial charge in [0.2, 0.25) is 0 Å². The third-order valence-electron chi connectivity index (χ3n) is 6.04. The van der Waals surface area contributed by atoms with E-state index in [0.717, 1.165) is 34.7 Å². The number of rotatable bonds is 5. The van der Waals surface area contributed by atoms with Crippen molar-refractivity contribution in [3.8, 4) is 5.75 Å². The number of methoxy groups -OCH3 is 1. The Hall–Kier alpha value is -3.34.